The minimum Gasteiger partial charge on any atom is -0.494 e. The summed E-state index contributed by atoms with van der Waals surface area (Å²) in [5.74, 6) is -1.55. The van der Waals surface area contributed by atoms with Crippen LogP contribution in [-0.4, -0.2) is 12.6 Å². The van der Waals surface area contributed by atoms with Crippen LogP contribution in [0.25, 0.3) is 0 Å². The number of esters is 1. The van der Waals surface area contributed by atoms with Crippen LogP contribution in [0.2, 0.25) is 0 Å². The number of hydrogen-bond acceptors (Lipinski definition) is 5. The van der Waals surface area contributed by atoms with Gasteiger partial charge in [0, 0.05) is 6.07 Å². The lowest BCUT2D eigenvalue weighted by Crippen LogP contribution is -2.09. The molecule has 7 heteroatoms. The van der Waals surface area contributed by atoms with Crippen LogP contribution in [0.3, 0.4) is 0 Å². The van der Waals surface area contributed by atoms with Crippen molar-refractivity contribution < 1.29 is 23.0 Å². The van der Waals surface area contributed by atoms with Crippen LogP contribution in [-0.2, 0) is 0 Å². The molecule has 0 saturated carbocycles. The van der Waals surface area contributed by atoms with Crippen LogP contribution in [0.4, 0.5) is 20.2 Å². The van der Waals surface area contributed by atoms with E-state index in [1.807, 2.05) is 0 Å². The van der Waals surface area contributed by atoms with E-state index < -0.39 is 17.6 Å². The van der Waals surface area contributed by atoms with Crippen molar-refractivity contribution in [2.24, 2.45) is 10.2 Å². The van der Waals surface area contributed by atoms with Gasteiger partial charge < -0.3 is 9.47 Å². The first-order valence-corrected chi connectivity index (χ1v) is 15.5. The van der Waals surface area contributed by atoms with E-state index in [-0.39, 0.29) is 22.7 Å². The van der Waals surface area contributed by atoms with Gasteiger partial charge in [-0.15, -0.1) is 5.11 Å². The number of benzene rings is 3. The van der Waals surface area contributed by atoms with E-state index >= 15 is 0 Å². The Balaban J connectivity index is 1.28. The fraction of sp³-hybridized carbons (Fsp3) is 0.457. The SMILES string of the molecule is CCCCCCCCCCCCCCCCOc1ccc(C(=O)Oc2ccc(N=Nc3ccccc3F)cc2F)cc1. The third-order valence-electron chi connectivity index (χ3n) is 7.10. The van der Waals surface area contributed by atoms with Gasteiger partial charge in [-0.1, -0.05) is 103 Å². The Bertz CT molecular complexity index is 1230. The van der Waals surface area contributed by atoms with Crippen molar-refractivity contribution in [1.82, 2.24) is 0 Å². The average molecular weight is 579 g/mol. The first-order chi connectivity index (χ1) is 20.6. The van der Waals surface area contributed by atoms with Crippen molar-refractivity contribution in [1.29, 1.82) is 0 Å². The van der Waals surface area contributed by atoms with Crippen LogP contribution in [0.1, 0.15) is 107 Å². The topological polar surface area (TPSA) is 60.2 Å². The lowest BCUT2D eigenvalue weighted by Gasteiger charge is -2.08. The average Bonchev–Trinajstić information content (AvgIpc) is 3.00. The van der Waals surface area contributed by atoms with E-state index in [9.17, 15) is 13.6 Å². The fourth-order valence-electron chi connectivity index (χ4n) is 4.61. The quantitative estimate of drug-likeness (QED) is 0.0580. The van der Waals surface area contributed by atoms with Crippen molar-refractivity contribution in [3.63, 3.8) is 0 Å². The summed E-state index contributed by atoms with van der Waals surface area (Å²) < 4.78 is 39.2. The third kappa shape index (κ3) is 12.5. The zero-order valence-corrected chi connectivity index (χ0v) is 24.8. The number of rotatable bonds is 20. The summed E-state index contributed by atoms with van der Waals surface area (Å²) in [6, 6.07) is 16.3. The summed E-state index contributed by atoms with van der Waals surface area (Å²) in [6.07, 6.45) is 18.4. The Morgan fingerprint density at radius 3 is 1.86 bits per heavy atom. The van der Waals surface area contributed by atoms with Gasteiger partial charge in [0.15, 0.2) is 17.4 Å². The van der Waals surface area contributed by atoms with Crippen molar-refractivity contribution in [2.75, 3.05) is 6.61 Å². The van der Waals surface area contributed by atoms with Crippen molar-refractivity contribution in [3.8, 4) is 11.5 Å². The Morgan fingerprint density at radius 2 is 1.26 bits per heavy atom. The minimum atomic E-state index is -0.776. The maximum atomic E-state index is 14.5. The monoisotopic (exact) mass is 578 g/mol. The summed E-state index contributed by atoms with van der Waals surface area (Å²) in [5.41, 5.74) is 0.484. The molecule has 0 aliphatic heterocycles. The van der Waals surface area contributed by atoms with Crippen LogP contribution >= 0.6 is 0 Å². The number of nitrogens with zero attached hydrogens (tertiary/aromatic N) is 2. The van der Waals surface area contributed by atoms with E-state index in [4.69, 9.17) is 9.47 Å². The zero-order valence-electron chi connectivity index (χ0n) is 24.8. The summed E-state index contributed by atoms with van der Waals surface area (Å²) in [4.78, 5) is 12.5. The smallest absolute Gasteiger partial charge is 0.343 e. The molecule has 226 valence electrons. The molecule has 3 rings (SSSR count). The molecule has 0 bridgehead atoms. The van der Waals surface area contributed by atoms with Crippen LogP contribution in [0.5, 0.6) is 11.5 Å². The summed E-state index contributed by atoms with van der Waals surface area (Å²) in [6.45, 7) is 2.89. The van der Waals surface area contributed by atoms with Gasteiger partial charge >= 0.3 is 5.97 Å². The molecular weight excluding hydrogens is 534 g/mol. The van der Waals surface area contributed by atoms with E-state index in [1.54, 1.807) is 36.4 Å². The molecule has 0 fully saturated rings. The standard InChI is InChI=1S/C35H44F2N2O3/c1-2-3-4-5-6-7-8-9-10-11-12-13-14-17-26-41-30-23-20-28(21-24-30)35(40)42-34-25-22-29(27-32(34)37)38-39-33-19-16-15-18-31(33)36/h15-16,18-25,27H,2-14,17,26H2,1H3. The second-order valence-electron chi connectivity index (χ2n) is 10.6. The molecule has 0 radical (unpaired) electrons. The highest BCUT2D eigenvalue weighted by atomic mass is 19.1. The molecule has 0 heterocycles. The maximum absolute atomic E-state index is 14.5. The molecule has 5 nitrogen and oxygen atoms in total. The van der Waals surface area contributed by atoms with E-state index in [2.05, 4.69) is 17.2 Å². The van der Waals surface area contributed by atoms with Gasteiger partial charge in [0.1, 0.15) is 11.4 Å². The molecule has 42 heavy (non-hydrogen) atoms. The van der Waals surface area contributed by atoms with Crippen molar-refractivity contribution in [2.45, 2.75) is 96.8 Å². The normalized spacial score (nSPS) is 11.2. The Morgan fingerprint density at radius 1 is 0.667 bits per heavy atom. The number of ether oxygens (including phenoxy) is 2. The minimum absolute atomic E-state index is 0.0421. The molecule has 0 N–H and O–H groups in total. The summed E-state index contributed by atoms with van der Waals surface area (Å²) in [5, 5.41) is 7.64. The predicted molar refractivity (Wildman–Crippen MR) is 164 cm³/mol. The largest absolute Gasteiger partial charge is 0.494 e. The van der Waals surface area contributed by atoms with Gasteiger partial charge in [0.05, 0.1) is 17.9 Å². The lowest BCUT2D eigenvalue weighted by molar-refractivity contribution is 0.0728. The molecule has 3 aromatic rings. The van der Waals surface area contributed by atoms with Crippen LogP contribution in [0, 0.1) is 11.6 Å². The molecular formula is C35H44F2N2O3. The number of carbonyl (C=O) groups excluding carboxylic acids is 1. The molecule has 0 atom stereocenters. The number of carbonyl (C=O) groups is 1. The number of hydrogen-bond donors (Lipinski definition) is 0. The van der Waals surface area contributed by atoms with E-state index in [0.717, 1.165) is 18.9 Å². The molecule has 0 amide bonds. The molecule has 0 unspecified atom stereocenters. The first-order valence-electron chi connectivity index (χ1n) is 15.5. The molecule has 0 aromatic heterocycles. The Labute approximate surface area is 249 Å². The van der Waals surface area contributed by atoms with Crippen LogP contribution < -0.4 is 9.47 Å². The van der Waals surface area contributed by atoms with Crippen molar-refractivity contribution in [3.05, 3.63) is 83.9 Å². The molecule has 0 saturated heterocycles. The predicted octanol–water partition coefficient (Wildman–Crippen LogP) is 11.5. The van der Waals surface area contributed by atoms with Gasteiger partial charge in [-0.2, -0.15) is 5.11 Å². The van der Waals surface area contributed by atoms with Gasteiger partial charge in [-0.25, -0.2) is 13.6 Å². The third-order valence-corrected chi connectivity index (χ3v) is 7.10. The van der Waals surface area contributed by atoms with E-state index in [1.165, 1.54) is 101 Å². The number of azo groups is 1. The molecule has 0 spiro atoms. The Hall–Kier alpha value is -3.61. The molecule has 0 aliphatic rings. The summed E-state index contributed by atoms with van der Waals surface area (Å²) in [7, 11) is 0. The fourth-order valence-corrected chi connectivity index (χ4v) is 4.61. The lowest BCUT2D eigenvalue weighted by atomic mass is 10.0. The van der Waals surface area contributed by atoms with Gasteiger partial charge in [0.2, 0.25) is 0 Å². The van der Waals surface area contributed by atoms with Crippen LogP contribution in [0.15, 0.2) is 77.0 Å². The maximum Gasteiger partial charge on any atom is 0.343 e. The second kappa shape index (κ2) is 19.5. The van der Waals surface area contributed by atoms with Crippen molar-refractivity contribution >= 4 is 17.3 Å². The molecule has 3 aromatic carbocycles. The summed E-state index contributed by atoms with van der Waals surface area (Å²) >= 11 is 0. The van der Waals surface area contributed by atoms with Gasteiger partial charge in [-0.3, -0.25) is 0 Å². The number of halogens is 2. The highest BCUT2D eigenvalue weighted by Crippen LogP contribution is 2.26. The van der Waals surface area contributed by atoms with Gasteiger partial charge in [0.25, 0.3) is 0 Å². The van der Waals surface area contributed by atoms with E-state index in [0.29, 0.717) is 12.4 Å². The first kappa shape index (κ1) is 32.9. The Kier molecular flexibility index (Phi) is 15.3. The molecule has 0 aliphatic carbocycles. The number of unbranched alkanes of at least 4 members (excludes halogenated alkanes) is 13. The van der Waals surface area contributed by atoms with Gasteiger partial charge in [-0.05, 0) is 55.0 Å². The highest BCUT2D eigenvalue weighted by Gasteiger charge is 2.13. The highest BCUT2D eigenvalue weighted by molar-refractivity contribution is 5.91. The second-order valence-corrected chi connectivity index (χ2v) is 10.6. The zero-order chi connectivity index (χ0) is 29.8.